The first-order valence-electron chi connectivity index (χ1n) is 5.89. The third-order valence-corrected chi connectivity index (χ3v) is 4.28. The van der Waals surface area contributed by atoms with Gasteiger partial charge in [0.15, 0.2) is 5.78 Å². The number of Topliss-reactive ketones (excluding diaryl/α,β-unsaturated/α-hetero) is 1. The summed E-state index contributed by atoms with van der Waals surface area (Å²) >= 11 is 2.02. The summed E-state index contributed by atoms with van der Waals surface area (Å²) in [5, 5.41) is 3.39. The van der Waals surface area contributed by atoms with Crippen molar-refractivity contribution in [1.82, 2.24) is 0 Å². The van der Waals surface area contributed by atoms with Crippen molar-refractivity contribution < 1.29 is 4.79 Å². The summed E-state index contributed by atoms with van der Waals surface area (Å²) in [5.74, 6) is 3.29. The van der Waals surface area contributed by atoms with Crippen molar-refractivity contribution in [1.29, 1.82) is 0 Å². The van der Waals surface area contributed by atoms with Gasteiger partial charge in [0.1, 0.15) is 0 Å². The van der Waals surface area contributed by atoms with Crippen LogP contribution in [0.4, 0.5) is 11.4 Å². The highest BCUT2D eigenvalue weighted by Crippen LogP contribution is 2.24. The van der Waals surface area contributed by atoms with Crippen molar-refractivity contribution in [2.24, 2.45) is 5.92 Å². The number of nitrogens with two attached hydrogens (primary N) is 1. The van der Waals surface area contributed by atoms with E-state index < -0.39 is 0 Å². The molecule has 0 amide bonds. The van der Waals surface area contributed by atoms with Crippen molar-refractivity contribution in [2.75, 3.05) is 29.1 Å². The number of hydrogen-bond acceptors (Lipinski definition) is 4. The monoisotopic (exact) mass is 250 g/mol. The molecule has 3 nitrogen and oxygen atoms in total. The molecule has 0 aliphatic carbocycles. The van der Waals surface area contributed by atoms with Gasteiger partial charge in [-0.3, -0.25) is 4.79 Å². The molecule has 1 unspecified atom stereocenters. The molecule has 0 radical (unpaired) electrons. The molecular formula is C13H18N2OS. The lowest BCUT2D eigenvalue weighted by atomic mass is 10.1. The maximum atomic E-state index is 11.2. The summed E-state index contributed by atoms with van der Waals surface area (Å²) in [6.07, 6.45) is 1.29. The fourth-order valence-electron chi connectivity index (χ4n) is 2.00. The zero-order valence-electron chi connectivity index (χ0n) is 10.0. The minimum absolute atomic E-state index is 0.0150. The molecule has 0 aromatic heterocycles. The maximum absolute atomic E-state index is 11.2. The highest BCUT2D eigenvalue weighted by molar-refractivity contribution is 7.99. The van der Waals surface area contributed by atoms with Crippen molar-refractivity contribution >= 4 is 28.9 Å². The quantitative estimate of drug-likeness (QED) is 0.637. The molecule has 1 aliphatic rings. The van der Waals surface area contributed by atoms with Crippen LogP contribution >= 0.6 is 11.8 Å². The maximum Gasteiger partial charge on any atom is 0.161 e. The van der Waals surface area contributed by atoms with E-state index in [1.165, 1.54) is 24.9 Å². The van der Waals surface area contributed by atoms with E-state index in [0.29, 0.717) is 11.3 Å². The first-order valence-corrected chi connectivity index (χ1v) is 7.04. The average Bonchev–Trinajstić information content (AvgIpc) is 2.78. The second-order valence-electron chi connectivity index (χ2n) is 4.47. The van der Waals surface area contributed by atoms with E-state index >= 15 is 0 Å². The van der Waals surface area contributed by atoms with Crippen LogP contribution in [0.2, 0.25) is 0 Å². The van der Waals surface area contributed by atoms with Crippen LogP contribution in [0.1, 0.15) is 23.7 Å². The van der Waals surface area contributed by atoms with Crippen LogP contribution in [0, 0.1) is 5.92 Å². The third kappa shape index (κ3) is 3.16. The van der Waals surface area contributed by atoms with E-state index in [9.17, 15) is 4.79 Å². The summed E-state index contributed by atoms with van der Waals surface area (Å²) in [7, 11) is 0. The predicted octanol–water partition coefficient (Wildman–Crippen LogP) is 2.64. The summed E-state index contributed by atoms with van der Waals surface area (Å²) in [5.41, 5.74) is 8.01. The molecule has 3 N–H and O–H groups in total. The number of carbonyl (C=O) groups excluding carboxylic acids is 1. The van der Waals surface area contributed by atoms with Gasteiger partial charge in [-0.05, 0) is 49.0 Å². The molecule has 0 saturated carbocycles. The Labute approximate surface area is 106 Å². The molecule has 1 saturated heterocycles. The standard InChI is InChI=1S/C13H18N2OS/c1-9(16)12-3-2-11(6-13(12)14)15-7-10-4-5-17-8-10/h2-3,6,10,15H,4-5,7-8,14H2,1H3. The molecule has 1 aromatic carbocycles. The molecule has 1 fully saturated rings. The average molecular weight is 250 g/mol. The molecule has 1 heterocycles. The van der Waals surface area contributed by atoms with E-state index in [1.54, 1.807) is 6.07 Å². The lowest BCUT2D eigenvalue weighted by molar-refractivity contribution is 0.101. The molecule has 0 spiro atoms. The minimum atomic E-state index is 0.0150. The van der Waals surface area contributed by atoms with Gasteiger partial charge >= 0.3 is 0 Å². The van der Waals surface area contributed by atoms with Crippen molar-refractivity contribution in [3.8, 4) is 0 Å². The zero-order valence-corrected chi connectivity index (χ0v) is 10.8. The summed E-state index contributed by atoms with van der Waals surface area (Å²) in [6.45, 7) is 2.53. The number of ketones is 1. The number of carbonyl (C=O) groups is 1. The SMILES string of the molecule is CC(=O)c1ccc(NCC2CCSC2)cc1N. The van der Waals surface area contributed by atoms with Crippen molar-refractivity contribution in [3.05, 3.63) is 23.8 Å². The molecule has 1 aliphatic heterocycles. The van der Waals surface area contributed by atoms with Crippen LogP contribution in [0.25, 0.3) is 0 Å². The summed E-state index contributed by atoms with van der Waals surface area (Å²) in [4.78, 5) is 11.2. The van der Waals surface area contributed by atoms with Gasteiger partial charge in [0.25, 0.3) is 0 Å². The number of nitrogens with one attached hydrogen (secondary N) is 1. The number of hydrogen-bond donors (Lipinski definition) is 2. The van der Waals surface area contributed by atoms with Gasteiger partial charge in [0.2, 0.25) is 0 Å². The van der Waals surface area contributed by atoms with E-state index in [-0.39, 0.29) is 5.78 Å². The molecular weight excluding hydrogens is 232 g/mol. The molecule has 0 bridgehead atoms. The van der Waals surface area contributed by atoms with E-state index in [4.69, 9.17) is 5.73 Å². The summed E-state index contributed by atoms with van der Waals surface area (Å²) < 4.78 is 0. The first-order chi connectivity index (χ1) is 8.16. The highest BCUT2D eigenvalue weighted by atomic mass is 32.2. The van der Waals surface area contributed by atoms with E-state index in [0.717, 1.165) is 18.2 Å². The molecule has 1 atom stereocenters. The number of anilines is 2. The van der Waals surface area contributed by atoms with Gasteiger partial charge in [-0.15, -0.1) is 0 Å². The Bertz CT molecular complexity index is 414. The number of nitrogen functional groups attached to an aromatic ring is 1. The minimum Gasteiger partial charge on any atom is -0.398 e. The van der Waals surface area contributed by atoms with Gasteiger partial charge in [0, 0.05) is 23.5 Å². The van der Waals surface area contributed by atoms with Crippen LogP contribution in [0.15, 0.2) is 18.2 Å². The Balaban J connectivity index is 1.97. The van der Waals surface area contributed by atoms with E-state index in [1.807, 2.05) is 23.9 Å². The molecule has 4 heteroatoms. The second-order valence-corrected chi connectivity index (χ2v) is 5.62. The Morgan fingerprint density at radius 2 is 2.41 bits per heavy atom. The van der Waals surface area contributed by atoms with Gasteiger partial charge in [-0.25, -0.2) is 0 Å². The zero-order chi connectivity index (χ0) is 12.3. The Hall–Kier alpha value is -1.16. The second kappa shape index (κ2) is 5.45. The van der Waals surface area contributed by atoms with Crippen LogP contribution in [-0.2, 0) is 0 Å². The lowest BCUT2D eigenvalue weighted by Gasteiger charge is -2.12. The molecule has 92 valence electrons. The molecule has 1 aromatic rings. The predicted molar refractivity (Wildman–Crippen MR) is 74.8 cm³/mol. The van der Waals surface area contributed by atoms with E-state index in [2.05, 4.69) is 5.32 Å². The number of benzene rings is 1. The van der Waals surface area contributed by atoms with Crippen LogP contribution in [0.3, 0.4) is 0 Å². The molecule has 17 heavy (non-hydrogen) atoms. The van der Waals surface area contributed by atoms with Crippen LogP contribution < -0.4 is 11.1 Å². The van der Waals surface area contributed by atoms with Crippen molar-refractivity contribution in [3.63, 3.8) is 0 Å². The Kier molecular flexibility index (Phi) is 3.94. The molecule has 2 rings (SSSR count). The van der Waals surface area contributed by atoms with Gasteiger partial charge in [-0.1, -0.05) is 0 Å². The van der Waals surface area contributed by atoms with Crippen molar-refractivity contribution in [2.45, 2.75) is 13.3 Å². The largest absolute Gasteiger partial charge is 0.398 e. The lowest BCUT2D eigenvalue weighted by Crippen LogP contribution is -2.13. The summed E-state index contributed by atoms with van der Waals surface area (Å²) in [6, 6.07) is 5.57. The topological polar surface area (TPSA) is 55.1 Å². The Morgan fingerprint density at radius 1 is 1.59 bits per heavy atom. The first kappa shape index (κ1) is 12.3. The Morgan fingerprint density at radius 3 is 3.00 bits per heavy atom. The van der Waals surface area contributed by atoms with Gasteiger partial charge < -0.3 is 11.1 Å². The third-order valence-electron chi connectivity index (χ3n) is 3.05. The fraction of sp³-hybridized carbons (Fsp3) is 0.462. The number of thioether (sulfide) groups is 1. The normalized spacial score (nSPS) is 19.2. The number of rotatable bonds is 4. The van der Waals surface area contributed by atoms with Gasteiger partial charge in [0.05, 0.1) is 0 Å². The fourth-order valence-corrected chi connectivity index (χ4v) is 3.28. The highest BCUT2D eigenvalue weighted by Gasteiger charge is 2.15. The van der Waals surface area contributed by atoms with Gasteiger partial charge in [-0.2, -0.15) is 11.8 Å². The smallest absolute Gasteiger partial charge is 0.161 e. The van der Waals surface area contributed by atoms with Crippen LogP contribution in [-0.4, -0.2) is 23.8 Å². The van der Waals surface area contributed by atoms with Crippen LogP contribution in [0.5, 0.6) is 0 Å².